The van der Waals surface area contributed by atoms with Crippen LogP contribution in [0, 0.1) is 0 Å². The maximum Gasteiger partial charge on any atom is 0.342 e. The van der Waals surface area contributed by atoms with Crippen molar-refractivity contribution in [1.29, 1.82) is 0 Å². The maximum atomic E-state index is 12.3. The van der Waals surface area contributed by atoms with Crippen molar-refractivity contribution in [1.82, 2.24) is 0 Å². The molecule has 0 aromatic heterocycles. The molecule has 134 valence electrons. The number of phenolic OH excluding ortho intramolecular Hbond substituents is 1. The number of carbonyl (C=O) groups excluding carboxylic acids is 2. The second-order valence-electron chi connectivity index (χ2n) is 5.02. The van der Waals surface area contributed by atoms with Crippen molar-refractivity contribution in [3.63, 3.8) is 0 Å². The zero-order valence-electron chi connectivity index (χ0n) is 14.5. The Labute approximate surface area is 145 Å². The molecule has 0 bridgehead atoms. The Morgan fingerprint density at radius 3 is 2.04 bits per heavy atom. The molecule has 2 rings (SSSR count). The number of esters is 2. The summed E-state index contributed by atoms with van der Waals surface area (Å²) in [5, 5.41) is 11.4. The third kappa shape index (κ3) is 3.45. The summed E-state index contributed by atoms with van der Waals surface area (Å²) in [5.74, 6) is -1.10. The number of carbonyl (C=O) groups is 2. The summed E-state index contributed by atoms with van der Waals surface area (Å²) >= 11 is 0. The molecule has 1 N–H and O–H groups in total. The van der Waals surface area contributed by atoms with E-state index in [9.17, 15) is 14.7 Å². The van der Waals surface area contributed by atoms with Crippen molar-refractivity contribution in [2.24, 2.45) is 0 Å². The predicted octanol–water partition coefficient (Wildman–Crippen LogP) is 2.92. The third-order valence-corrected chi connectivity index (χ3v) is 3.59. The molecule has 0 aliphatic heterocycles. The smallest absolute Gasteiger partial charge is 0.342 e. The monoisotopic (exact) mass is 348 g/mol. The van der Waals surface area contributed by atoms with Crippen LogP contribution in [0.25, 0.3) is 10.8 Å². The van der Waals surface area contributed by atoms with E-state index in [2.05, 4.69) is 0 Å². The van der Waals surface area contributed by atoms with Gasteiger partial charge >= 0.3 is 11.9 Å². The van der Waals surface area contributed by atoms with Crippen molar-refractivity contribution < 1.29 is 33.6 Å². The second kappa shape index (κ2) is 7.74. The fourth-order valence-corrected chi connectivity index (χ4v) is 2.49. The minimum atomic E-state index is -0.806. The van der Waals surface area contributed by atoms with Gasteiger partial charge in [-0.25, -0.2) is 9.59 Å². The van der Waals surface area contributed by atoms with Crippen LogP contribution in [0.5, 0.6) is 17.2 Å². The number of fused-ring (bicyclic) bond motifs is 1. The lowest BCUT2D eigenvalue weighted by Gasteiger charge is -2.15. The van der Waals surface area contributed by atoms with Crippen molar-refractivity contribution in [2.45, 2.75) is 13.8 Å². The number of ether oxygens (including phenoxy) is 4. The fourth-order valence-electron chi connectivity index (χ4n) is 2.49. The quantitative estimate of drug-likeness (QED) is 0.803. The van der Waals surface area contributed by atoms with Gasteiger partial charge in [0, 0.05) is 5.39 Å². The Balaban J connectivity index is 2.81. The van der Waals surface area contributed by atoms with E-state index in [1.807, 2.05) is 0 Å². The van der Waals surface area contributed by atoms with Crippen LogP contribution in [0.15, 0.2) is 18.2 Å². The molecule has 25 heavy (non-hydrogen) atoms. The molecule has 0 atom stereocenters. The molecule has 0 saturated heterocycles. The van der Waals surface area contributed by atoms with Crippen LogP contribution in [-0.4, -0.2) is 44.5 Å². The molecule has 0 spiro atoms. The van der Waals surface area contributed by atoms with Gasteiger partial charge in [0.1, 0.15) is 11.3 Å². The van der Waals surface area contributed by atoms with Crippen molar-refractivity contribution in [3.05, 3.63) is 29.3 Å². The molecule has 7 heteroatoms. The highest BCUT2D eigenvalue weighted by molar-refractivity contribution is 6.11. The number of hydrogen-bond donors (Lipinski definition) is 1. The van der Waals surface area contributed by atoms with E-state index in [1.54, 1.807) is 19.9 Å². The molecule has 0 radical (unpaired) electrons. The lowest BCUT2D eigenvalue weighted by Crippen LogP contribution is -2.14. The first-order chi connectivity index (χ1) is 12.0. The summed E-state index contributed by atoms with van der Waals surface area (Å²) in [7, 11) is 2.93. The highest BCUT2D eigenvalue weighted by atomic mass is 16.5. The molecule has 0 fully saturated rings. The van der Waals surface area contributed by atoms with E-state index >= 15 is 0 Å². The zero-order chi connectivity index (χ0) is 18.6. The molecule has 2 aromatic rings. The molecule has 0 saturated carbocycles. The maximum absolute atomic E-state index is 12.3. The summed E-state index contributed by atoms with van der Waals surface area (Å²) in [6.45, 7) is 3.51. The van der Waals surface area contributed by atoms with Crippen molar-refractivity contribution in [3.8, 4) is 17.2 Å². The van der Waals surface area contributed by atoms with Crippen LogP contribution in [0.4, 0.5) is 0 Å². The van der Waals surface area contributed by atoms with Crippen LogP contribution in [0.1, 0.15) is 34.6 Å². The van der Waals surface area contributed by atoms with Crippen LogP contribution in [0.3, 0.4) is 0 Å². The summed E-state index contributed by atoms with van der Waals surface area (Å²) < 4.78 is 20.4. The molecule has 0 aliphatic carbocycles. The van der Waals surface area contributed by atoms with E-state index < -0.39 is 11.9 Å². The zero-order valence-corrected chi connectivity index (χ0v) is 14.5. The van der Waals surface area contributed by atoms with Crippen LogP contribution >= 0.6 is 0 Å². The molecule has 2 aromatic carbocycles. The lowest BCUT2D eigenvalue weighted by molar-refractivity contribution is 0.0476. The Morgan fingerprint density at radius 1 is 0.920 bits per heavy atom. The molecular weight excluding hydrogens is 328 g/mol. The normalized spacial score (nSPS) is 10.4. The van der Waals surface area contributed by atoms with Gasteiger partial charge in [-0.1, -0.05) is 0 Å². The molecular formula is C18H20O7. The lowest BCUT2D eigenvalue weighted by atomic mass is 9.98. The van der Waals surface area contributed by atoms with E-state index in [1.165, 1.54) is 26.4 Å². The van der Waals surface area contributed by atoms with E-state index in [-0.39, 0.29) is 30.1 Å². The first-order valence-electron chi connectivity index (χ1n) is 7.74. The minimum absolute atomic E-state index is 0.0717. The largest absolute Gasteiger partial charge is 0.506 e. The summed E-state index contributed by atoms with van der Waals surface area (Å²) in [6.07, 6.45) is 0. The number of rotatable bonds is 6. The Morgan fingerprint density at radius 2 is 1.48 bits per heavy atom. The second-order valence-corrected chi connectivity index (χ2v) is 5.02. The fraction of sp³-hybridized carbons (Fsp3) is 0.333. The third-order valence-electron chi connectivity index (χ3n) is 3.59. The van der Waals surface area contributed by atoms with Gasteiger partial charge in [0.2, 0.25) is 0 Å². The number of aromatic hydroxyl groups is 1. The van der Waals surface area contributed by atoms with E-state index in [0.29, 0.717) is 22.3 Å². The number of methoxy groups -OCH3 is 2. The number of phenols is 1. The van der Waals surface area contributed by atoms with Crippen molar-refractivity contribution in [2.75, 3.05) is 27.4 Å². The summed E-state index contributed by atoms with van der Waals surface area (Å²) in [4.78, 5) is 24.5. The molecule has 0 aliphatic rings. The Bertz CT molecular complexity index is 811. The average molecular weight is 348 g/mol. The highest BCUT2D eigenvalue weighted by Gasteiger charge is 2.26. The van der Waals surface area contributed by atoms with Crippen LogP contribution in [0.2, 0.25) is 0 Å². The van der Waals surface area contributed by atoms with Gasteiger partial charge in [0.05, 0.1) is 33.0 Å². The minimum Gasteiger partial charge on any atom is -0.506 e. The topological polar surface area (TPSA) is 91.3 Å². The average Bonchev–Trinajstić information content (AvgIpc) is 2.60. The first-order valence-corrected chi connectivity index (χ1v) is 7.74. The van der Waals surface area contributed by atoms with Gasteiger partial charge in [-0.3, -0.25) is 0 Å². The standard InChI is InChI=1S/C18H20O7/c1-5-24-17(20)12-7-10-8-13(22-3)14(23-4)9-11(10)16(19)15(12)18(21)25-6-2/h7-9,19H,5-6H2,1-4H3. The molecule has 0 unspecified atom stereocenters. The molecule has 7 nitrogen and oxygen atoms in total. The summed E-state index contributed by atoms with van der Waals surface area (Å²) in [6, 6.07) is 4.59. The first kappa shape index (κ1) is 18.4. The highest BCUT2D eigenvalue weighted by Crippen LogP contribution is 2.39. The summed E-state index contributed by atoms with van der Waals surface area (Å²) in [5.41, 5.74) is -0.308. The Hall–Kier alpha value is -2.96. The molecule has 0 heterocycles. The van der Waals surface area contributed by atoms with Gasteiger partial charge in [-0.05, 0) is 37.4 Å². The Kier molecular flexibility index (Phi) is 5.69. The van der Waals surface area contributed by atoms with Gasteiger partial charge in [0.15, 0.2) is 11.5 Å². The van der Waals surface area contributed by atoms with E-state index in [0.717, 1.165) is 0 Å². The molecule has 0 amide bonds. The van der Waals surface area contributed by atoms with Gasteiger partial charge < -0.3 is 24.1 Å². The predicted molar refractivity (Wildman–Crippen MR) is 90.6 cm³/mol. The van der Waals surface area contributed by atoms with E-state index in [4.69, 9.17) is 18.9 Å². The number of benzene rings is 2. The van der Waals surface area contributed by atoms with Gasteiger partial charge in [-0.2, -0.15) is 0 Å². The van der Waals surface area contributed by atoms with Crippen molar-refractivity contribution >= 4 is 22.7 Å². The van der Waals surface area contributed by atoms with Gasteiger partial charge in [0.25, 0.3) is 0 Å². The SMILES string of the molecule is CCOC(=O)c1cc2cc(OC)c(OC)cc2c(O)c1C(=O)OCC. The van der Waals surface area contributed by atoms with Gasteiger partial charge in [-0.15, -0.1) is 0 Å². The number of hydrogen-bond acceptors (Lipinski definition) is 7. The van der Waals surface area contributed by atoms with Crippen LogP contribution in [-0.2, 0) is 9.47 Å². The van der Waals surface area contributed by atoms with Crippen LogP contribution < -0.4 is 9.47 Å².